The molecule has 0 saturated heterocycles. The summed E-state index contributed by atoms with van der Waals surface area (Å²) in [7, 11) is 0. The molecule has 2 rings (SSSR count). The van der Waals surface area contributed by atoms with Crippen molar-refractivity contribution in [3.05, 3.63) is 54.1 Å². The Balaban J connectivity index is 1.85. The molecule has 0 aliphatic carbocycles. The molecule has 2 aromatic carbocycles. The lowest BCUT2D eigenvalue weighted by Gasteiger charge is -2.16. The fourth-order valence-electron chi connectivity index (χ4n) is 2.35. The predicted molar refractivity (Wildman–Crippen MR) is 99.2 cm³/mol. The van der Waals surface area contributed by atoms with Gasteiger partial charge in [0.05, 0.1) is 12.6 Å². The Labute approximate surface area is 157 Å². The highest BCUT2D eigenvalue weighted by molar-refractivity contribution is 5.78. The molecule has 27 heavy (non-hydrogen) atoms. The van der Waals surface area contributed by atoms with Crippen LogP contribution >= 0.6 is 0 Å². The molecule has 0 fully saturated rings. The fourth-order valence-corrected chi connectivity index (χ4v) is 2.35. The highest BCUT2D eigenvalue weighted by atomic mass is 16.5. The lowest BCUT2D eigenvalue weighted by Crippen LogP contribution is -2.31. The van der Waals surface area contributed by atoms with Gasteiger partial charge in [0.25, 0.3) is 5.91 Å². The second kappa shape index (κ2) is 10.1. The van der Waals surface area contributed by atoms with Crippen LogP contribution in [0.25, 0.3) is 0 Å². The van der Waals surface area contributed by atoms with Crippen molar-refractivity contribution in [2.45, 2.75) is 19.9 Å². The monoisotopic (exact) mass is 373 g/mol. The molecule has 2 N–H and O–H groups in total. The molecular formula is C20H23NO6. The Hall–Kier alpha value is -3.22. The molecule has 0 radical (unpaired) electrons. The molecule has 0 saturated carbocycles. The van der Waals surface area contributed by atoms with Gasteiger partial charge in [0.1, 0.15) is 5.75 Å². The first-order valence-corrected chi connectivity index (χ1v) is 8.58. The molecular weight excluding hydrogens is 350 g/mol. The molecule has 1 unspecified atom stereocenters. The zero-order valence-electron chi connectivity index (χ0n) is 15.3. The number of para-hydroxylation sites is 2. The smallest absolute Gasteiger partial charge is 0.341 e. The fraction of sp³-hybridized carbons (Fsp3) is 0.300. The predicted octanol–water partition coefficient (Wildman–Crippen LogP) is 2.80. The molecule has 7 heteroatoms. The molecule has 1 atom stereocenters. The number of hydrogen-bond acceptors (Lipinski definition) is 5. The van der Waals surface area contributed by atoms with E-state index in [0.29, 0.717) is 23.9 Å². The van der Waals surface area contributed by atoms with Crippen LogP contribution in [-0.4, -0.2) is 36.8 Å². The Kier molecular flexibility index (Phi) is 7.49. The number of carboxylic acids is 1. The number of nitrogens with one attached hydrogen (secondary N) is 1. The summed E-state index contributed by atoms with van der Waals surface area (Å²) < 4.78 is 16.1. The van der Waals surface area contributed by atoms with Crippen molar-refractivity contribution < 1.29 is 28.9 Å². The van der Waals surface area contributed by atoms with Gasteiger partial charge in [-0.2, -0.15) is 0 Å². The van der Waals surface area contributed by atoms with Crippen molar-refractivity contribution in [3.8, 4) is 17.2 Å². The summed E-state index contributed by atoms with van der Waals surface area (Å²) in [5.74, 6) is 0.265. The van der Waals surface area contributed by atoms with E-state index in [0.717, 1.165) is 5.56 Å². The summed E-state index contributed by atoms with van der Waals surface area (Å²) >= 11 is 0. The maximum atomic E-state index is 12.1. The molecule has 0 spiro atoms. The Bertz CT molecular complexity index is 759. The van der Waals surface area contributed by atoms with Gasteiger partial charge in [-0.25, -0.2) is 4.79 Å². The summed E-state index contributed by atoms with van der Waals surface area (Å²) in [6.07, 6.45) is 0. The minimum Gasteiger partial charge on any atom is -0.490 e. The number of amides is 1. The number of carboxylic acid groups (broad SMARTS) is 1. The van der Waals surface area contributed by atoms with Crippen molar-refractivity contribution in [1.82, 2.24) is 5.32 Å². The summed E-state index contributed by atoms with van der Waals surface area (Å²) in [6.45, 7) is 3.71. The van der Waals surface area contributed by atoms with Crippen molar-refractivity contribution >= 4 is 11.9 Å². The van der Waals surface area contributed by atoms with Crippen LogP contribution in [0.4, 0.5) is 0 Å². The molecule has 0 aliphatic rings. The zero-order valence-corrected chi connectivity index (χ0v) is 15.3. The zero-order chi connectivity index (χ0) is 19.6. The van der Waals surface area contributed by atoms with Crippen LogP contribution in [0, 0.1) is 0 Å². The number of benzene rings is 2. The molecule has 0 aromatic heterocycles. The van der Waals surface area contributed by atoms with Crippen LogP contribution in [0.15, 0.2) is 48.5 Å². The van der Waals surface area contributed by atoms with Crippen molar-refractivity contribution in [2.75, 3.05) is 19.8 Å². The standard InChI is InChI=1S/C20H23NO6/c1-3-25-17-6-4-5-7-18(17)27-12-19(22)21-14(2)15-8-10-16(11-9-15)26-13-20(23)24/h4-11,14H,3,12-13H2,1-2H3,(H,21,22)(H,23,24). The Morgan fingerprint density at radius 2 is 1.59 bits per heavy atom. The van der Waals surface area contributed by atoms with E-state index in [1.54, 1.807) is 36.4 Å². The molecule has 7 nitrogen and oxygen atoms in total. The van der Waals surface area contributed by atoms with E-state index >= 15 is 0 Å². The van der Waals surface area contributed by atoms with Crippen molar-refractivity contribution in [2.24, 2.45) is 0 Å². The summed E-state index contributed by atoms with van der Waals surface area (Å²) in [4.78, 5) is 22.6. The highest BCUT2D eigenvalue weighted by Gasteiger charge is 2.12. The van der Waals surface area contributed by atoms with Crippen molar-refractivity contribution in [1.29, 1.82) is 0 Å². The third-order valence-electron chi connectivity index (χ3n) is 3.63. The molecule has 0 heterocycles. The quantitative estimate of drug-likeness (QED) is 0.665. The number of carbonyl (C=O) groups excluding carboxylic acids is 1. The molecule has 2 aromatic rings. The van der Waals surface area contributed by atoms with Crippen LogP contribution in [0.2, 0.25) is 0 Å². The maximum Gasteiger partial charge on any atom is 0.341 e. The molecule has 0 bridgehead atoms. The molecule has 144 valence electrons. The lowest BCUT2D eigenvalue weighted by molar-refractivity contribution is -0.139. The van der Waals surface area contributed by atoms with Crippen LogP contribution in [-0.2, 0) is 9.59 Å². The van der Waals surface area contributed by atoms with Gasteiger partial charge in [-0.1, -0.05) is 24.3 Å². The van der Waals surface area contributed by atoms with Gasteiger partial charge in [0, 0.05) is 0 Å². The van der Waals surface area contributed by atoms with Crippen LogP contribution < -0.4 is 19.5 Å². The SMILES string of the molecule is CCOc1ccccc1OCC(=O)NC(C)c1ccc(OCC(=O)O)cc1. The first-order valence-electron chi connectivity index (χ1n) is 8.58. The average Bonchev–Trinajstić information content (AvgIpc) is 2.66. The largest absolute Gasteiger partial charge is 0.490 e. The minimum absolute atomic E-state index is 0.131. The first kappa shape index (κ1) is 20.1. The van der Waals surface area contributed by atoms with E-state index in [-0.39, 0.29) is 18.6 Å². The number of rotatable bonds is 10. The Morgan fingerprint density at radius 1 is 0.963 bits per heavy atom. The van der Waals surface area contributed by atoms with E-state index in [1.807, 2.05) is 26.0 Å². The summed E-state index contributed by atoms with van der Waals surface area (Å²) in [5.41, 5.74) is 0.862. The van der Waals surface area contributed by atoms with Gasteiger partial charge >= 0.3 is 5.97 Å². The second-order valence-corrected chi connectivity index (χ2v) is 5.71. The minimum atomic E-state index is -1.04. The Morgan fingerprint density at radius 3 is 2.19 bits per heavy atom. The van der Waals surface area contributed by atoms with Crippen LogP contribution in [0.3, 0.4) is 0 Å². The molecule has 0 aliphatic heterocycles. The van der Waals surface area contributed by atoms with E-state index < -0.39 is 12.6 Å². The number of aliphatic carboxylic acids is 1. The van der Waals surface area contributed by atoms with Gasteiger partial charge in [-0.05, 0) is 43.7 Å². The average molecular weight is 373 g/mol. The van der Waals surface area contributed by atoms with E-state index in [9.17, 15) is 9.59 Å². The van der Waals surface area contributed by atoms with Crippen molar-refractivity contribution in [3.63, 3.8) is 0 Å². The number of hydrogen-bond donors (Lipinski definition) is 2. The van der Waals surface area contributed by atoms with Gasteiger partial charge in [-0.15, -0.1) is 0 Å². The topological polar surface area (TPSA) is 94.1 Å². The highest BCUT2D eigenvalue weighted by Crippen LogP contribution is 2.26. The summed E-state index contributed by atoms with van der Waals surface area (Å²) in [5, 5.41) is 11.5. The molecule has 1 amide bonds. The van der Waals surface area contributed by atoms with Crippen LogP contribution in [0.5, 0.6) is 17.2 Å². The van der Waals surface area contributed by atoms with Gasteiger partial charge < -0.3 is 24.6 Å². The number of carbonyl (C=O) groups is 2. The van der Waals surface area contributed by atoms with Gasteiger partial charge in [0.15, 0.2) is 24.7 Å². The van der Waals surface area contributed by atoms with Gasteiger partial charge in [-0.3, -0.25) is 4.79 Å². The van der Waals surface area contributed by atoms with E-state index in [2.05, 4.69) is 5.32 Å². The lowest BCUT2D eigenvalue weighted by atomic mass is 10.1. The normalized spacial score (nSPS) is 11.3. The first-order chi connectivity index (χ1) is 13.0. The van der Waals surface area contributed by atoms with Crippen LogP contribution in [0.1, 0.15) is 25.5 Å². The summed E-state index contributed by atoms with van der Waals surface area (Å²) in [6, 6.07) is 13.8. The maximum absolute atomic E-state index is 12.1. The van der Waals surface area contributed by atoms with Gasteiger partial charge in [0.2, 0.25) is 0 Å². The van der Waals surface area contributed by atoms with E-state index in [4.69, 9.17) is 19.3 Å². The third kappa shape index (κ3) is 6.54. The second-order valence-electron chi connectivity index (χ2n) is 5.71. The third-order valence-corrected chi connectivity index (χ3v) is 3.63. The number of ether oxygens (including phenoxy) is 3. The van der Waals surface area contributed by atoms with E-state index in [1.165, 1.54) is 0 Å².